The molecule has 1 aromatic heterocycles. The van der Waals surface area contributed by atoms with Crippen LogP contribution in [0.4, 0.5) is 0 Å². The molecule has 0 aromatic carbocycles. The van der Waals surface area contributed by atoms with E-state index in [-0.39, 0.29) is 0 Å². The quantitative estimate of drug-likeness (QED) is 0.733. The van der Waals surface area contributed by atoms with E-state index in [0.29, 0.717) is 6.54 Å². The molecule has 16 heavy (non-hydrogen) atoms. The maximum atomic E-state index is 9.93. The summed E-state index contributed by atoms with van der Waals surface area (Å²) >= 11 is 3.37. The molecular formula is C11H20N2OS2. The lowest BCUT2D eigenvalue weighted by atomic mass is 10.1. The number of aliphatic hydroxyl groups is 1. The Balaban J connectivity index is 2.19. The third-order valence-corrected chi connectivity index (χ3v) is 4.24. The number of thioether (sulfide) groups is 1. The fourth-order valence-electron chi connectivity index (χ4n) is 1.49. The molecule has 2 N–H and O–H groups in total. The molecule has 1 atom stereocenters. The summed E-state index contributed by atoms with van der Waals surface area (Å²) in [6, 6.07) is 0. The van der Waals surface area contributed by atoms with Crippen molar-refractivity contribution in [3.63, 3.8) is 0 Å². The summed E-state index contributed by atoms with van der Waals surface area (Å²) in [6.07, 6.45) is 3.00. The van der Waals surface area contributed by atoms with E-state index in [1.807, 2.05) is 25.6 Å². The summed E-state index contributed by atoms with van der Waals surface area (Å²) in [6.45, 7) is 5.45. The molecule has 92 valence electrons. The highest BCUT2D eigenvalue weighted by molar-refractivity contribution is 7.98. The molecular weight excluding hydrogens is 240 g/mol. The number of thiazole rings is 1. The van der Waals surface area contributed by atoms with Gasteiger partial charge in [0.15, 0.2) is 0 Å². The van der Waals surface area contributed by atoms with Crippen LogP contribution < -0.4 is 5.32 Å². The molecule has 0 aliphatic rings. The lowest BCUT2D eigenvalue weighted by Gasteiger charge is -2.22. The molecule has 1 aromatic rings. The first-order valence-electron chi connectivity index (χ1n) is 5.36. The Bertz CT molecular complexity index is 313. The minimum Gasteiger partial charge on any atom is -0.388 e. The van der Waals surface area contributed by atoms with Gasteiger partial charge in [-0.1, -0.05) is 0 Å². The summed E-state index contributed by atoms with van der Waals surface area (Å²) in [5.41, 5.74) is 2.40. The van der Waals surface area contributed by atoms with Gasteiger partial charge in [-0.25, -0.2) is 4.98 Å². The topological polar surface area (TPSA) is 45.1 Å². The minimum absolute atomic E-state index is 0.609. The van der Waals surface area contributed by atoms with Crippen molar-refractivity contribution in [2.75, 3.05) is 25.1 Å². The summed E-state index contributed by atoms with van der Waals surface area (Å²) in [7, 11) is 0. The lowest BCUT2D eigenvalue weighted by Crippen LogP contribution is -2.40. The molecule has 0 saturated heterocycles. The standard InChI is InChI=1S/C11H20N2OS2/c1-9-10(16-8-13-9)4-5-12-6-11(2,14)7-15-3/h8,12,14H,4-7H2,1-3H3. The summed E-state index contributed by atoms with van der Waals surface area (Å²) in [4.78, 5) is 5.54. The van der Waals surface area contributed by atoms with Crippen LogP contribution in [0.15, 0.2) is 5.51 Å². The van der Waals surface area contributed by atoms with Gasteiger partial charge in [0.05, 0.1) is 16.8 Å². The average Bonchev–Trinajstić information content (AvgIpc) is 2.59. The maximum Gasteiger partial charge on any atom is 0.0833 e. The fourth-order valence-corrected chi connectivity index (χ4v) is 2.99. The van der Waals surface area contributed by atoms with Crippen LogP contribution >= 0.6 is 23.1 Å². The summed E-state index contributed by atoms with van der Waals surface area (Å²) in [5, 5.41) is 13.2. The lowest BCUT2D eigenvalue weighted by molar-refractivity contribution is 0.0852. The first-order chi connectivity index (χ1) is 7.55. The highest BCUT2D eigenvalue weighted by Crippen LogP contribution is 2.12. The van der Waals surface area contributed by atoms with Gasteiger partial charge >= 0.3 is 0 Å². The highest BCUT2D eigenvalue weighted by Gasteiger charge is 2.18. The molecule has 0 radical (unpaired) electrons. The number of hydrogen-bond acceptors (Lipinski definition) is 5. The van der Waals surface area contributed by atoms with Gasteiger partial charge in [-0.2, -0.15) is 11.8 Å². The van der Waals surface area contributed by atoms with Gasteiger partial charge in [0.2, 0.25) is 0 Å². The molecule has 1 unspecified atom stereocenters. The van der Waals surface area contributed by atoms with Crippen LogP contribution in [0.1, 0.15) is 17.5 Å². The SMILES string of the molecule is CSCC(C)(O)CNCCc1scnc1C. The number of nitrogens with one attached hydrogen (secondary N) is 1. The number of aromatic nitrogens is 1. The van der Waals surface area contributed by atoms with E-state index in [2.05, 4.69) is 10.3 Å². The molecule has 1 rings (SSSR count). The Labute approximate surface area is 106 Å². The molecule has 0 aliphatic carbocycles. The van der Waals surface area contributed by atoms with E-state index < -0.39 is 5.60 Å². The van der Waals surface area contributed by atoms with Crippen molar-refractivity contribution in [3.8, 4) is 0 Å². The molecule has 0 aliphatic heterocycles. The molecule has 3 nitrogen and oxygen atoms in total. The van der Waals surface area contributed by atoms with Crippen molar-refractivity contribution >= 4 is 23.1 Å². The van der Waals surface area contributed by atoms with Crippen molar-refractivity contribution in [3.05, 3.63) is 16.1 Å². The smallest absolute Gasteiger partial charge is 0.0833 e. The van der Waals surface area contributed by atoms with Crippen molar-refractivity contribution < 1.29 is 5.11 Å². The summed E-state index contributed by atoms with van der Waals surface area (Å²) in [5.74, 6) is 0.763. The normalized spacial score (nSPS) is 15.0. The monoisotopic (exact) mass is 260 g/mol. The largest absolute Gasteiger partial charge is 0.388 e. The Morgan fingerprint density at radius 1 is 1.62 bits per heavy atom. The second-order valence-corrected chi connectivity index (χ2v) is 6.02. The van der Waals surface area contributed by atoms with Gasteiger partial charge in [-0.3, -0.25) is 0 Å². The molecule has 0 saturated carbocycles. The number of aryl methyl sites for hydroxylation is 1. The highest BCUT2D eigenvalue weighted by atomic mass is 32.2. The Hall–Kier alpha value is -0.100. The molecule has 0 fully saturated rings. The van der Waals surface area contributed by atoms with Crippen molar-refractivity contribution in [2.24, 2.45) is 0 Å². The molecule has 5 heteroatoms. The number of nitrogens with zero attached hydrogens (tertiary/aromatic N) is 1. The van der Waals surface area contributed by atoms with Gasteiger partial charge in [0.1, 0.15) is 0 Å². The zero-order valence-electron chi connectivity index (χ0n) is 10.1. The van der Waals surface area contributed by atoms with E-state index in [1.165, 1.54) is 4.88 Å². The average molecular weight is 260 g/mol. The van der Waals surface area contributed by atoms with Gasteiger partial charge in [-0.05, 0) is 26.5 Å². The van der Waals surface area contributed by atoms with Crippen LogP contribution in [-0.2, 0) is 6.42 Å². The van der Waals surface area contributed by atoms with Gasteiger partial charge in [0, 0.05) is 23.7 Å². The molecule has 1 heterocycles. The zero-order valence-corrected chi connectivity index (χ0v) is 11.7. The molecule has 0 amide bonds. The first kappa shape index (κ1) is 14.0. The fraction of sp³-hybridized carbons (Fsp3) is 0.727. The molecule has 0 bridgehead atoms. The van der Waals surface area contributed by atoms with Crippen LogP contribution in [0.25, 0.3) is 0 Å². The Morgan fingerprint density at radius 3 is 2.94 bits per heavy atom. The van der Waals surface area contributed by atoms with Gasteiger partial charge in [-0.15, -0.1) is 11.3 Å². The third-order valence-electron chi connectivity index (χ3n) is 2.33. The van der Waals surface area contributed by atoms with Gasteiger partial charge in [0.25, 0.3) is 0 Å². The van der Waals surface area contributed by atoms with Crippen LogP contribution in [0.2, 0.25) is 0 Å². The Morgan fingerprint density at radius 2 is 2.38 bits per heavy atom. The first-order valence-corrected chi connectivity index (χ1v) is 7.63. The van der Waals surface area contributed by atoms with E-state index >= 15 is 0 Å². The predicted molar refractivity (Wildman–Crippen MR) is 72.4 cm³/mol. The van der Waals surface area contributed by atoms with Crippen LogP contribution in [0.5, 0.6) is 0 Å². The van der Waals surface area contributed by atoms with Crippen molar-refractivity contribution in [2.45, 2.75) is 25.9 Å². The van der Waals surface area contributed by atoms with Crippen LogP contribution in [-0.4, -0.2) is 40.8 Å². The second kappa shape index (κ2) is 6.59. The predicted octanol–water partition coefficient (Wildman–Crippen LogP) is 1.70. The molecule has 0 spiro atoms. The van der Waals surface area contributed by atoms with Crippen molar-refractivity contribution in [1.82, 2.24) is 10.3 Å². The maximum absolute atomic E-state index is 9.93. The van der Waals surface area contributed by atoms with E-state index in [9.17, 15) is 5.11 Å². The summed E-state index contributed by atoms with van der Waals surface area (Å²) < 4.78 is 0. The second-order valence-electron chi connectivity index (χ2n) is 4.22. The van der Waals surface area contributed by atoms with Crippen LogP contribution in [0, 0.1) is 6.92 Å². The number of rotatable bonds is 7. The minimum atomic E-state index is -0.609. The van der Waals surface area contributed by atoms with E-state index in [1.54, 1.807) is 23.1 Å². The van der Waals surface area contributed by atoms with Crippen molar-refractivity contribution in [1.29, 1.82) is 0 Å². The number of hydrogen-bond donors (Lipinski definition) is 2. The van der Waals surface area contributed by atoms with E-state index in [0.717, 1.165) is 24.4 Å². The van der Waals surface area contributed by atoms with Crippen LogP contribution in [0.3, 0.4) is 0 Å². The third kappa shape index (κ3) is 4.82. The zero-order chi connectivity index (χ0) is 12.0. The Kier molecular flexibility index (Phi) is 5.75. The van der Waals surface area contributed by atoms with Gasteiger partial charge < -0.3 is 10.4 Å². The van der Waals surface area contributed by atoms with E-state index in [4.69, 9.17) is 0 Å².